The number of carboxylic acids is 1. The molecule has 1 unspecified atom stereocenters. The second-order valence-corrected chi connectivity index (χ2v) is 3.52. The lowest BCUT2D eigenvalue weighted by Gasteiger charge is -2.09. The predicted octanol–water partition coefficient (Wildman–Crippen LogP) is 1.31. The first kappa shape index (κ1) is 12.4. The Labute approximate surface area is 92.8 Å². The van der Waals surface area contributed by atoms with Crippen molar-refractivity contribution in [1.29, 1.82) is 0 Å². The summed E-state index contributed by atoms with van der Waals surface area (Å²) in [6, 6.07) is 3.52. The maximum Gasteiger partial charge on any atom is 0.320 e. The van der Waals surface area contributed by atoms with Gasteiger partial charge in [-0.05, 0) is 24.6 Å². The van der Waals surface area contributed by atoms with Crippen LogP contribution in [-0.2, 0) is 4.79 Å². The van der Waals surface area contributed by atoms with E-state index >= 15 is 0 Å². The number of benzene rings is 1. The molecule has 3 N–H and O–H groups in total. The Morgan fingerprint density at radius 3 is 2.94 bits per heavy atom. The van der Waals surface area contributed by atoms with Crippen molar-refractivity contribution in [3.8, 4) is 5.75 Å². The molecule has 0 saturated heterocycles. The van der Waals surface area contributed by atoms with E-state index in [1.165, 1.54) is 6.07 Å². The van der Waals surface area contributed by atoms with Gasteiger partial charge in [-0.1, -0.05) is 6.07 Å². The van der Waals surface area contributed by atoms with Gasteiger partial charge in [0.1, 0.15) is 6.04 Å². The number of nitrogens with two attached hydrogens (primary N) is 1. The van der Waals surface area contributed by atoms with Gasteiger partial charge in [-0.25, -0.2) is 4.39 Å². The lowest BCUT2D eigenvalue weighted by atomic mass is 10.2. The second-order valence-electron chi connectivity index (χ2n) is 3.52. The maximum atomic E-state index is 13.2. The van der Waals surface area contributed by atoms with Crippen LogP contribution in [-0.4, -0.2) is 23.7 Å². The van der Waals surface area contributed by atoms with Crippen molar-refractivity contribution in [3.05, 3.63) is 29.6 Å². The average Bonchev–Trinajstić information content (AvgIpc) is 2.22. The zero-order valence-corrected chi connectivity index (χ0v) is 8.94. The normalized spacial score (nSPS) is 12.2. The molecule has 5 heteroatoms. The minimum atomic E-state index is -1.09. The summed E-state index contributed by atoms with van der Waals surface area (Å²) < 4.78 is 18.3. The molecule has 0 bridgehead atoms. The molecule has 0 aliphatic rings. The van der Waals surface area contributed by atoms with Crippen LogP contribution in [0.2, 0.25) is 0 Å². The molecule has 88 valence electrons. The lowest BCUT2D eigenvalue weighted by Crippen LogP contribution is -2.31. The van der Waals surface area contributed by atoms with Crippen molar-refractivity contribution in [2.45, 2.75) is 19.4 Å². The van der Waals surface area contributed by atoms with Crippen LogP contribution >= 0.6 is 0 Å². The Bertz CT molecular complexity index is 381. The third-order valence-electron chi connectivity index (χ3n) is 2.09. The van der Waals surface area contributed by atoms with Gasteiger partial charge in [-0.2, -0.15) is 0 Å². The Balaban J connectivity index is 2.48. The summed E-state index contributed by atoms with van der Waals surface area (Å²) in [6.45, 7) is 1.89. The number of aryl methyl sites for hydroxylation is 1. The number of carbonyl (C=O) groups is 1. The van der Waals surface area contributed by atoms with Gasteiger partial charge in [0.2, 0.25) is 0 Å². The van der Waals surface area contributed by atoms with E-state index in [1.54, 1.807) is 12.1 Å². The van der Waals surface area contributed by atoms with Crippen LogP contribution in [0.5, 0.6) is 5.75 Å². The highest BCUT2D eigenvalue weighted by Gasteiger charge is 2.11. The lowest BCUT2D eigenvalue weighted by molar-refractivity contribution is -0.138. The molecule has 0 radical (unpaired) electrons. The van der Waals surface area contributed by atoms with E-state index in [-0.39, 0.29) is 18.8 Å². The van der Waals surface area contributed by atoms with Crippen LogP contribution in [0.4, 0.5) is 4.39 Å². The molecule has 0 fully saturated rings. The molecule has 0 heterocycles. The second kappa shape index (κ2) is 5.46. The molecular weight excluding hydrogens is 213 g/mol. The summed E-state index contributed by atoms with van der Waals surface area (Å²) >= 11 is 0. The molecule has 0 aliphatic carbocycles. The van der Waals surface area contributed by atoms with Crippen molar-refractivity contribution in [1.82, 2.24) is 0 Å². The fourth-order valence-electron chi connectivity index (χ4n) is 1.14. The van der Waals surface area contributed by atoms with E-state index < -0.39 is 17.8 Å². The van der Waals surface area contributed by atoms with Crippen LogP contribution in [0.1, 0.15) is 12.0 Å². The summed E-state index contributed by atoms with van der Waals surface area (Å²) in [5.74, 6) is -1.43. The molecule has 4 nitrogen and oxygen atoms in total. The first-order chi connectivity index (χ1) is 7.50. The Morgan fingerprint density at radius 1 is 1.62 bits per heavy atom. The van der Waals surface area contributed by atoms with Crippen molar-refractivity contribution >= 4 is 5.97 Å². The van der Waals surface area contributed by atoms with Gasteiger partial charge in [0.25, 0.3) is 0 Å². The monoisotopic (exact) mass is 227 g/mol. The van der Waals surface area contributed by atoms with E-state index in [1.807, 2.05) is 6.92 Å². The van der Waals surface area contributed by atoms with Crippen molar-refractivity contribution in [3.63, 3.8) is 0 Å². The van der Waals surface area contributed by atoms with E-state index in [0.717, 1.165) is 5.56 Å². The molecular formula is C11H14FNO3. The van der Waals surface area contributed by atoms with Gasteiger partial charge in [-0.15, -0.1) is 0 Å². The SMILES string of the molecule is Cc1ccc(F)c(OCCC(N)C(=O)O)c1. The first-order valence-corrected chi connectivity index (χ1v) is 4.88. The highest BCUT2D eigenvalue weighted by Crippen LogP contribution is 2.18. The molecule has 0 aliphatic heterocycles. The average molecular weight is 227 g/mol. The van der Waals surface area contributed by atoms with E-state index in [2.05, 4.69) is 0 Å². The summed E-state index contributed by atoms with van der Waals surface area (Å²) in [6.07, 6.45) is 0.142. The summed E-state index contributed by atoms with van der Waals surface area (Å²) in [4.78, 5) is 10.4. The quantitative estimate of drug-likeness (QED) is 0.795. The molecule has 16 heavy (non-hydrogen) atoms. The topological polar surface area (TPSA) is 72.5 Å². The zero-order chi connectivity index (χ0) is 12.1. The van der Waals surface area contributed by atoms with E-state index in [0.29, 0.717) is 0 Å². The molecule has 0 saturated carbocycles. The highest BCUT2D eigenvalue weighted by atomic mass is 19.1. The van der Waals surface area contributed by atoms with Gasteiger partial charge in [0.15, 0.2) is 11.6 Å². The largest absolute Gasteiger partial charge is 0.490 e. The van der Waals surface area contributed by atoms with Crippen molar-refractivity contribution in [2.75, 3.05) is 6.61 Å². The summed E-state index contributed by atoms with van der Waals surface area (Å²) in [5.41, 5.74) is 6.15. The summed E-state index contributed by atoms with van der Waals surface area (Å²) in [7, 11) is 0. The third-order valence-corrected chi connectivity index (χ3v) is 2.09. The minimum Gasteiger partial charge on any atom is -0.490 e. The Hall–Kier alpha value is -1.62. The number of rotatable bonds is 5. The molecule has 1 aromatic rings. The predicted molar refractivity (Wildman–Crippen MR) is 56.9 cm³/mol. The zero-order valence-electron chi connectivity index (χ0n) is 8.94. The number of hydrogen-bond donors (Lipinski definition) is 2. The van der Waals surface area contributed by atoms with Gasteiger partial charge in [0.05, 0.1) is 6.61 Å². The molecule has 0 aromatic heterocycles. The van der Waals surface area contributed by atoms with Crippen LogP contribution in [0.3, 0.4) is 0 Å². The number of halogens is 1. The van der Waals surface area contributed by atoms with Crippen LogP contribution in [0.25, 0.3) is 0 Å². The fraction of sp³-hybridized carbons (Fsp3) is 0.364. The highest BCUT2D eigenvalue weighted by molar-refractivity contribution is 5.72. The Kier molecular flexibility index (Phi) is 4.25. The molecule has 0 spiro atoms. The van der Waals surface area contributed by atoms with Gasteiger partial charge in [-0.3, -0.25) is 4.79 Å². The maximum absolute atomic E-state index is 13.2. The summed E-state index contributed by atoms with van der Waals surface area (Å²) in [5, 5.41) is 8.52. The standard InChI is InChI=1S/C11H14FNO3/c1-7-2-3-8(12)10(6-7)16-5-4-9(13)11(14)15/h2-3,6,9H,4-5,13H2,1H3,(H,14,15). The number of hydrogen-bond acceptors (Lipinski definition) is 3. The van der Waals surface area contributed by atoms with Gasteiger partial charge >= 0.3 is 5.97 Å². The molecule has 0 amide bonds. The van der Waals surface area contributed by atoms with Gasteiger partial charge < -0.3 is 15.6 Å². The smallest absolute Gasteiger partial charge is 0.320 e. The van der Waals surface area contributed by atoms with E-state index in [4.69, 9.17) is 15.6 Å². The Morgan fingerprint density at radius 2 is 2.31 bits per heavy atom. The number of carboxylic acid groups (broad SMARTS) is 1. The van der Waals surface area contributed by atoms with Crippen molar-refractivity contribution in [2.24, 2.45) is 5.73 Å². The number of ether oxygens (including phenoxy) is 1. The van der Waals surface area contributed by atoms with Crippen molar-refractivity contribution < 1.29 is 19.0 Å². The fourth-order valence-corrected chi connectivity index (χ4v) is 1.14. The number of aliphatic carboxylic acids is 1. The van der Waals surface area contributed by atoms with E-state index in [9.17, 15) is 9.18 Å². The van der Waals surface area contributed by atoms with Crippen LogP contribution in [0, 0.1) is 12.7 Å². The molecule has 1 rings (SSSR count). The molecule has 1 atom stereocenters. The first-order valence-electron chi connectivity index (χ1n) is 4.88. The van der Waals surface area contributed by atoms with Crippen LogP contribution in [0.15, 0.2) is 18.2 Å². The third kappa shape index (κ3) is 3.51. The van der Waals surface area contributed by atoms with Gasteiger partial charge in [0, 0.05) is 6.42 Å². The minimum absolute atomic E-state index is 0.0772. The molecule has 1 aromatic carbocycles. The van der Waals surface area contributed by atoms with Crippen LogP contribution < -0.4 is 10.5 Å².